The molecule has 0 aliphatic rings. The number of hydrogen-bond acceptors (Lipinski definition) is 4. The fourth-order valence-corrected chi connectivity index (χ4v) is 3.81. The summed E-state index contributed by atoms with van der Waals surface area (Å²) in [5, 5.41) is 10.7. The van der Waals surface area contributed by atoms with Gasteiger partial charge in [-0.1, -0.05) is 48.5 Å². The number of hydrogen-bond donors (Lipinski definition) is 1. The summed E-state index contributed by atoms with van der Waals surface area (Å²) in [4.78, 5) is 9.74. The van der Waals surface area contributed by atoms with Gasteiger partial charge in [-0.2, -0.15) is 0 Å². The van der Waals surface area contributed by atoms with E-state index < -0.39 is 0 Å². The minimum absolute atomic E-state index is 0.229. The second-order valence-electron chi connectivity index (χ2n) is 7.78. The van der Waals surface area contributed by atoms with E-state index >= 15 is 0 Å². The Hall–Kier alpha value is -4.12. The van der Waals surface area contributed by atoms with E-state index in [4.69, 9.17) is 14.7 Å². The van der Waals surface area contributed by atoms with Crippen LogP contribution < -0.4 is 4.74 Å². The molecular formula is C27H23N3O2. The minimum Gasteiger partial charge on any atom is -0.507 e. The Bertz CT molecular complexity index is 1410. The average molecular weight is 422 g/mol. The van der Waals surface area contributed by atoms with Crippen LogP contribution in [0.4, 0.5) is 0 Å². The number of rotatable bonds is 5. The molecule has 32 heavy (non-hydrogen) atoms. The van der Waals surface area contributed by atoms with Gasteiger partial charge in [0.15, 0.2) is 0 Å². The molecule has 0 saturated heterocycles. The van der Waals surface area contributed by atoms with Crippen molar-refractivity contribution in [2.24, 2.45) is 0 Å². The van der Waals surface area contributed by atoms with Gasteiger partial charge in [0.1, 0.15) is 35.3 Å². The first-order valence-electron chi connectivity index (χ1n) is 10.5. The first kappa shape index (κ1) is 19.8. The third-order valence-electron chi connectivity index (χ3n) is 5.49. The molecule has 0 atom stereocenters. The summed E-state index contributed by atoms with van der Waals surface area (Å²) in [5.74, 6) is 1.56. The predicted octanol–water partition coefficient (Wildman–Crippen LogP) is 5.96. The number of benzene rings is 2. The zero-order valence-electron chi connectivity index (χ0n) is 18.0. The smallest absolute Gasteiger partial charge is 0.149 e. The number of ether oxygens (including phenoxy) is 1. The molecule has 0 aliphatic heterocycles. The molecule has 0 saturated carbocycles. The summed E-state index contributed by atoms with van der Waals surface area (Å²) < 4.78 is 8.16. The molecule has 2 aromatic carbocycles. The largest absolute Gasteiger partial charge is 0.507 e. The lowest BCUT2D eigenvalue weighted by molar-refractivity contribution is 0.306. The van der Waals surface area contributed by atoms with E-state index in [2.05, 4.69) is 0 Å². The van der Waals surface area contributed by atoms with Crippen molar-refractivity contribution >= 4 is 5.52 Å². The SMILES string of the molecule is Cc1ccc(OCc2ccccc2)c(-c2nc(-c3cccc(C)c3O)n3ccccc23)n1. The van der Waals surface area contributed by atoms with Crippen molar-refractivity contribution in [2.45, 2.75) is 20.5 Å². The van der Waals surface area contributed by atoms with Crippen molar-refractivity contribution in [3.05, 3.63) is 102 Å². The van der Waals surface area contributed by atoms with Crippen LogP contribution in [0.1, 0.15) is 16.8 Å². The molecule has 5 nitrogen and oxygen atoms in total. The van der Waals surface area contributed by atoms with E-state index in [0.29, 0.717) is 35.1 Å². The molecule has 3 heterocycles. The number of fused-ring (bicyclic) bond motifs is 1. The van der Waals surface area contributed by atoms with Gasteiger partial charge in [0.25, 0.3) is 0 Å². The summed E-state index contributed by atoms with van der Waals surface area (Å²) in [7, 11) is 0. The predicted molar refractivity (Wildman–Crippen MR) is 126 cm³/mol. The van der Waals surface area contributed by atoms with Crippen LogP contribution in [-0.2, 0) is 6.61 Å². The molecule has 5 rings (SSSR count). The lowest BCUT2D eigenvalue weighted by atomic mass is 10.1. The van der Waals surface area contributed by atoms with Gasteiger partial charge in [-0.15, -0.1) is 0 Å². The molecule has 0 fully saturated rings. The van der Waals surface area contributed by atoms with Crippen LogP contribution in [-0.4, -0.2) is 19.5 Å². The molecular weight excluding hydrogens is 398 g/mol. The molecule has 158 valence electrons. The third-order valence-corrected chi connectivity index (χ3v) is 5.49. The summed E-state index contributed by atoms with van der Waals surface area (Å²) in [6.45, 7) is 4.28. The first-order chi connectivity index (χ1) is 15.6. The topological polar surface area (TPSA) is 59.7 Å². The highest BCUT2D eigenvalue weighted by atomic mass is 16.5. The van der Waals surface area contributed by atoms with E-state index in [-0.39, 0.29) is 5.75 Å². The van der Waals surface area contributed by atoms with Gasteiger partial charge in [-0.25, -0.2) is 9.97 Å². The van der Waals surface area contributed by atoms with Crippen molar-refractivity contribution in [1.82, 2.24) is 14.4 Å². The zero-order valence-corrected chi connectivity index (χ0v) is 18.0. The molecule has 3 aromatic heterocycles. The summed E-state index contributed by atoms with van der Waals surface area (Å²) in [6.07, 6.45) is 1.95. The average Bonchev–Trinajstić information content (AvgIpc) is 3.20. The molecule has 0 amide bonds. The zero-order chi connectivity index (χ0) is 22.1. The lowest BCUT2D eigenvalue weighted by Crippen LogP contribution is -1.99. The first-order valence-corrected chi connectivity index (χ1v) is 10.5. The lowest BCUT2D eigenvalue weighted by Gasteiger charge is -2.11. The maximum absolute atomic E-state index is 10.7. The Balaban J connectivity index is 1.66. The summed E-state index contributed by atoms with van der Waals surface area (Å²) >= 11 is 0. The Morgan fingerprint density at radius 2 is 1.62 bits per heavy atom. The number of imidazole rings is 1. The van der Waals surface area contributed by atoms with Gasteiger partial charge in [-0.05, 0) is 55.3 Å². The highest BCUT2D eigenvalue weighted by Gasteiger charge is 2.20. The van der Waals surface area contributed by atoms with Crippen LogP contribution >= 0.6 is 0 Å². The molecule has 0 aliphatic carbocycles. The third kappa shape index (κ3) is 3.58. The second-order valence-corrected chi connectivity index (χ2v) is 7.78. The van der Waals surface area contributed by atoms with Crippen molar-refractivity contribution in [2.75, 3.05) is 0 Å². The number of aromatic nitrogens is 3. The van der Waals surface area contributed by atoms with Crippen LogP contribution in [0.5, 0.6) is 11.5 Å². The monoisotopic (exact) mass is 421 g/mol. The Labute approximate surface area is 186 Å². The summed E-state index contributed by atoms with van der Waals surface area (Å²) in [6, 6.07) is 25.5. The normalized spacial score (nSPS) is 11.1. The molecule has 0 spiro atoms. The molecule has 1 N–H and O–H groups in total. The van der Waals surface area contributed by atoms with Gasteiger partial charge in [0.2, 0.25) is 0 Å². The van der Waals surface area contributed by atoms with Crippen molar-refractivity contribution in [3.8, 4) is 34.3 Å². The Morgan fingerprint density at radius 3 is 2.47 bits per heavy atom. The maximum atomic E-state index is 10.7. The fourth-order valence-electron chi connectivity index (χ4n) is 3.81. The fraction of sp³-hybridized carbons (Fsp3) is 0.111. The highest BCUT2D eigenvalue weighted by molar-refractivity contribution is 5.83. The van der Waals surface area contributed by atoms with Crippen LogP contribution in [0.25, 0.3) is 28.3 Å². The van der Waals surface area contributed by atoms with Crippen LogP contribution in [0, 0.1) is 13.8 Å². The van der Waals surface area contributed by atoms with E-state index in [0.717, 1.165) is 22.3 Å². The number of nitrogens with zero attached hydrogens (tertiary/aromatic N) is 3. The highest BCUT2D eigenvalue weighted by Crippen LogP contribution is 2.37. The quantitative estimate of drug-likeness (QED) is 0.380. The maximum Gasteiger partial charge on any atom is 0.149 e. The summed E-state index contributed by atoms with van der Waals surface area (Å²) in [5.41, 5.74) is 5.74. The van der Waals surface area contributed by atoms with E-state index in [1.165, 1.54) is 0 Å². The second kappa shape index (κ2) is 8.19. The number of phenols is 1. The van der Waals surface area contributed by atoms with Gasteiger partial charge >= 0.3 is 0 Å². The van der Waals surface area contributed by atoms with Gasteiger partial charge < -0.3 is 9.84 Å². The molecule has 5 aromatic rings. The van der Waals surface area contributed by atoms with E-state index in [9.17, 15) is 5.11 Å². The standard InChI is InChI=1S/C27H23N3O2/c1-18-9-8-12-21(26(18)31)27-29-24(22-13-6-7-16-30(22)27)25-23(15-14-19(2)28-25)32-17-20-10-4-3-5-11-20/h3-16,31H,17H2,1-2H3. The molecule has 0 radical (unpaired) electrons. The number of pyridine rings is 2. The van der Waals surface area contributed by atoms with E-state index in [1.54, 1.807) is 0 Å². The van der Waals surface area contributed by atoms with Crippen LogP contribution in [0.15, 0.2) is 85.1 Å². The molecule has 0 bridgehead atoms. The number of phenolic OH excluding ortho intramolecular Hbond substituents is 1. The number of aromatic hydroxyl groups is 1. The minimum atomic E-state index is 0.229. The Kier molecular flexibility index (Phi) is 5.07. The van der Waals surface area contributed by atoms with Crippen molar-refractivity contribution in [1.29, 1.82) is 0 Å². The van der Waals surface area contributed by atoms with Gasteiger partial charge in [0, 0.05) is 11.9 Å². The van der Waals surface area contributed by atoms with Crippen LogP contribution in [0.2, 0.25) is 0 Å². The van der Waals surface area contributed by atoms with Crippen molar-refractivity contribution in [3.63, 3.8) is 0 Å². The molecule has 5 heteroatoms. The van der Waals surface area contributed by atoms with Crippen LogP contribution in [0.3, 0.4) is 0 Å². The van der Waals surface area contributed by atoms with Gasteiger partial charge in [-0.3, -0.25) is 4.40 Å². The number of para-hydroxylation sites is 1. The van der Waals surface area contributed by atoms with E-state index in [1.807, 2.05) is 103 Å². The van der Waals surface area contributed by atoms with Gasteiger partial charge in [0.05, 0.1) is 11.1 Å². The Morgan fingerprint density at radius 1 is 0.812 bits per heavy atom. The van der Waals surface area contributed by atoms with Crippen molar-refractivity contribution < 1.29 is 9.84 Å². The number of aryl methyl sites for hydroxylation is 2. The molecule has 0 unspecified atom stereocenters.